The quantitative estimate of drug-likeness (QED) is 0.177. The molecule has 2 aliphatic rings. The molecule has 0 aliphatic heterocycles. The zero-order valence-corrected chi connectivity index (χ0v) is 28.5. The molecule has 4 atom stereocenters. The Labute approximate surface area is 288 Å². The van der Waals surface area contributed by atoms with Crippen molar-refractivity contribution >= 4 is 43.5 Å². The number of hydrogen-bond donors (Lipinski definition) is 0. The fourth-order valence-corrected chi connectivity index (χ4v) is 10.6. The van der Waals surface area contributed by atoms with Gasteiger partial charge in [-0.15, -0.1) is 0 Å². The molecule has 10 rings (SSSR count). The van der Waals surface area contributed by atoms with Crippen molar-refractivity contribution in [3.8, 4) is 33.4 Å². The van der Waals surface area contributed by atoms with Crippen LogP contribution in [0.5, 0.6) is 0 Å². The second-order valence-electron chi connectivity index (χ2n) is 14.9. The molecule has 1 nitrogen and oxygen atoms in total. The number of fused-ring (bicyclic) bond motifs is 10. The standard InChI is InChI=1S/C48H40O/c1-4-33-26-29(2)25-30(3)48(33)42-19-11-9-13-34(42)35-23-21-31(27-43(35)48)46-38-15-5-7-17-40(38)47(41-18-8-6-16-39(41)46)32-22-24-37-36-14-10-12-20-44(36)49-45(37)28-32/h5-24,27-30,33H,4,25-26H2,1-3H3. The maximum atomic E-state index is 6.39. The van der Waals surface area contributed by atoms with Crippen molar-refractivity contribution in [3.63, 3.8) is 0 Å². The Hall–Kier alpha value is -5.14. The third-order valence-corrected chi connectivity index (χ3v) is 12.4. The van der Waals surface area contributed by atoms with Crippen LogP contribution in [0, 0.1) is 17.8 Å². The normalized spacial score (nSPS) is 21.6. The first-order chi connectivity index (χ1) is 24.1. The molecule has 238 valence electrons. The zero-order chi connectivity index (χ0) is 32.9. The second-order valence-corrected chi connectivity index (χ2v) is 14.9. The summed E-state index contributed by atoms with van der Waals surface area (Å²) in [5.74, 6) is 1.94. The molecule has 0 saturated heterocycles. The van der Waals surface area contributed by atoms with E-state index in [1.165, 1.54) is 74.2 Å². The predicted molar refractivity (Wildman–Crippen MR) is 207 cm³/mol. The van der Waals surface area contributed by atoms with Crippen LogP contribution in [0.1, 0.15) is 51.2 Å². The van der Waals surface area contributed by atoms with Crippen LogP contribution in [-0.4, -0.2) is 0 Å². The molecule has 0 bridgehead atoms. The zero-order valence-electron chi connectivity index (χ0n) is 28.5. The number of hydrogen-bond acceptors (Lipinski definition) is 1. The first kappa shape index (κ1) is 28.8. The largest absolute Gasteiger partial charge is 0.456 e. The Bertz CT molecular complexity index is 2540. The molecule has 1 aromatic heterocycles. The van der Waals surface area contributed by atoms with E-state index in [1.807, 2.05) is 6.07 Å². The van der Waals surface area contributed by atoms with Crippen LogP contribution in [0.3, 0.4) is 0 Å². The van der Waals surface area contributed by atoms with Gasteiger partial charge in [-0.3, -0.25) is 0 Å². The molecule has 1 fully saturated rings. The Balaban J connectivity index is 1.24. The van der Waals surface area contributed by atoms with Crippen LogP contribution in [0.2, 0.25) is 0 Å². The van der Waals surface area contributed by atoms with Crippen LogP contribution in [0.15, 0.2) is 138 Å². The summed E-state index contributed by atoms with van der Waals surface area (Å²) in [6.45, 7) is 7.43. The van der Waals surface area contributed by atoms with Gasteiger partial charge in [-0.25, -0.2) is 0 Å². The highest BCUT2D eigenvalue weighted by atomic mass is 16.3. The van der Waals surface area contributed by atoms with Gasteiger partial charge in [-0.1, -0.05) is 136 Å². The minimum absolute atomic E-state index is 0.0384. The molecule has 1 saturated carbocycles. The molecule has 1 spiro atoms. The summed E-state index contributed by atoms with van der Waals surface area (Å²) in [6.07, 6.45) is 3.75. The lowest BCUT2D eigenvalue weighted by molar-refractivity contribution is 0.114. The Kier molecular flexibility index (Phi) is 6.28. The topological polar surface area (TPSA) is 13.1 Å². The van der Waals surface area contributed by atoms with Crippen LogP contribution >= 0.6 is 0 Å². The summed E-state index contributed by atoms with van der Waals surface area (Å²) in [4.78, 5) is 0. The third-order valence-electron chi connectivity index (χ3n) is 12.4. The second kappa shape index (κ2) is 10.7. The summed E-state index contributed by atoms with van der Waals surface area (Å²) in [6, 6.07) is 50.0. The van der Waals surface area contributed by atoms with Gasteiger partial charge >= 0.3 is 0 Å². The lowest BCUT2D eigenvalue weighted by Gasteiger charge is -2.50. The average Bonchev–Trinajstić information content (AvgIpc) is 3.65. The van der Waals surface area contributed by atoms with Gasteiger partial charge in [0.15, 0.2) is 0 Å². The molecule has 2 aliphatic carbocycles. The lowest BCUT2D eigenvalue weighted by Crippen LogP contribution is -2.45. The molecule has 7 aromatic carbocycles. The molecule has 0 radical (unpaired) electrons. The maximum Gasteiger partial charge on any atom is 0.136 e. The molecule has 8 aromatic rings. The fraction of sp³-hybridized carbons (Fsp3) is 0.208. The van der Waals surface area contributed by atoms with Gasteiger partial charge in [0.05, 0.1) is 0 Å². The molecule has 49 heavy (non-hydrogen) atoms. The summed E-state index contributed by atoms with van der Waals surface area (Å²) in [5, 5.41) is 7.46. The van der Waals surface area contributed by atoms with Gasteiger partial charge < -0.3 is 4.42 Å². The summed E-state index contributed by atoms with van der Waals surface area (Å²) >= 11 is 0. The highest BCUT2D eigenvalue weighted by Gasteiger charge is 2.53. The van der Waals surface area contributed by atoms with Crippen LogP contribution in [-0.2, 0) is 5.41 Å². The van der Waals surface area contributed by atoms with Crippen molar-refractivity contribution in [1.82, 2.24) is 0 Å². The number of para-hydroxylation sites is 1. The van der Waals surface area contributed by atoms with E-state index >= 15 is 0 Å². The summed E-state index contributed by atoms with van der Waals surface area (Å²) in [5.41, 5.74) is 13.0. The Morgan fingerprint density at radius 3 is 1.78 bits per heavy atom. The van der Waals surface area contributed by atoms with E-state index in [4.69, 9.17) is 4.42 Å². The van der Waals surface area contributed by atoms with Gasteiger partial charge in [0.25, 0.3) is 0 Å². The van der Waals surface area contributed by atoms with Crippen molar-refractivity contribution in [3.05, 3.63) is 145 Å². The molecular formula is C48H40O. The van der Waals surface area contributed by atoms with Crippen LogP contribution in [0.4, 0.5) is 0 Å². The van der Waals surface area contributed by atoms with E-state index in [0.29, 0.717) is 11.8 Å². The van der Waals surface area contributed by atoms with Crippen molar-refractivity contribution in [2.24, 2.45) is 17.8 Å². The van der Waals surface area contributed by atoms with Gasteiger partial charge in [-0.2, -0.15) is 0 Å². The van der Waals surface area contributed by atoms with E-state index < -0.39 is 0 Å². The fourth-order valence-electron chi connectivity index (χ4n) is 10.6. The van der Waals surface area contributed by atoms with E-state index in [9.17, 15) is 0 Å². The molecule has 1 heteroatoms. The van der Waals surface area contributed by atoms with Crippen molar-refractivity contribution in [2.75, 3.05) is 0 Å². The molecule has 1 heterocycles. The van der Waals surface area contributed by atoms with Gasteiger partial charge in [0, 0.05) is 16.2 Å². The predicted octanol–water partition coefficient (Wildman–Crippen LogP) is 13.6. The van der Waals surface area contributed by atoms with E-state index in [1.54, 1.807) is 11.1 Å². The lowest BCUT2D eigenvalue weighted by atomic mass is 9.53. The Morgan fingerprint density at radius 1 is 0.531 bits per heavy atom. The van der Waals surface area contributed by atoms with Crippen LogP contribution < -0.4 is 0 Å². The minimum Gasteiger partial charge on any atom is -0.456 e. The third kappa shape index (κ3) is 3.93. The maximum absolute atomic E-state index is 6.39. The number of benzene rings is 7. The Morgan fingerprint density at radius 2 is 1.08 bits per heavy atom. The highest BCUT2D eigenvalue weighted by molar-refractivity contribution is 6.22. The van der Waals surface area contributed by atoms with Gasteiger partial charge in [-0.05, 0) is 121 Å². The summed E-state index contributed by atoms with van der Waals surface area (Å²) in [7, 11) is 0. The first-order valence-corrected chi connectivity index (χ1v) is 18.2. The van der Waals surface area contributed by atoms with Crippen molar-refractivity contribution < 1.29 is 4.42 Å². The molecule has 0 N–H and O–H groups in total. The van der Waals surface area contributed by atoms with E-state index in [-0.39, 0.29) is 5.41 Å². The van der Waals surface area contributed by atoms with E-state index in [0.717, 1.165) is 27.9 Å². The van der Waals surface area contributed by atoms with Crippen molar-refractivity contribution in [2.45, 2.75) is 45.4 Å². The van der Waals surface area contributed by atoms with Crippen LogP contribution in [0.25, 0.3) is 76.9 Å². The van der Waals surface area contributed by atoms with Crippen molar-refractivity contribution in [1.29, 1.82) is 0 Å². The van der Waals surface area contributed by atoms with Gasteiger partial charge in [0.1, 0.15) is 11.2 Å². The highest BCUT2D eigenvalue weighted by Crippen LogP contribution is 2.62. The van der Waals surface area contributed by atoms with Gasteiger partial charge in [0.2, 0.25) is 0 Å². The first-order valence-electron chi connectivity index (χ1n) is 18.2. The smallest absolute Gasteiger partial charge is 0.136 e. The number of rotatable bonds is 3. The molecule has 0 amide bonds. The number of furan rings is 1. The monoisotopic (exact) mass is 632 g/mol. The van der Waals surface area contributed by atoms with E-state index in [2.05, 4.69) is 148 Å². The summed E-state index contributed by atoms with van der Waals surface area (Å²) < 4.78 is 6.39. The SMILES string of the molecule is CCC1CC(C)CC(C)C12c1ccccc1-c1ccc(-c3c4ccccc4c(-c4ccc5c(c4)oc4ccccc45)c4ccccc34)cc12. The molecular weight excluding hydrogens is 593 g/mol. The average molecular weight is 633 g/mol. The molecule has 4 unspecified atom stereocenters. The minimum atomic E-state index is 0.0384.